The average Bonchev–Trinajstić information content (AvgIpc) is 3.50. The van der Waals surface area contributed by atoms with E-state index in [0.29, 0.717) is 39.5 Å². The van der Waals surface area contributed by atoms with Crippen LogP contribution in [0.4, 0.5) is 5.13 Å². The molecule has 0 radical (unpaired) electrons. The van der Waals surface area contributed by atoms with Gasteiger partial charge < -0.3 is 24.8 Å². The first-order valence-electron chi connectivity index (χ1n) is 12.5. The van der Waals surface area contributed by atoms with Crippen LogP contribution in [0.3, 0.4) is 0 Å². The summed E-state index contributed by atoms with van der Waals surface area (Å²) in [6.45, 7) is 5.70. The molecule has 1 amide bonds. The Morgan fingerprint density at radius 2 is 2.05 bits per heavy atom. The fourth-order valence-corrected chi connectivity index (χ4v) is 5.58. The van der Waals surface area contributed by atoms with E-state index < -0.39 is 11.9 Å². The lowest BCUT2D eigenvalue weighted by molar-refractivity contribution is -0.138. The van der Waals surface area contributed by atoms with E-state index in [4.69, 9.17) is 14.2 Å². The van der Waals surface area contributed by atoms with Gasteiger partial charge in [0.25, 0.3) is 0 Å². The lowest BCUT2D eigenvalue weighted by Gasteiger charge is -2.29. The number of nitrogens with zero attached hydrogens (tertiary/aromatic N) is 2. The smallest absolute Gasteiger partial charge is 0.337 e. The van der Waals surface area contributed by atoms with Crippen molar-refractivity contribution in [1.82, 2.24) is 10.3 Å². The zero-order chi connectivity index (χ0) is 29.2. The minimum absolute atomic E-state index is 0.0159. The quantitative estimate of drug-likeness (QED) is 0.208. The molecule has 0 fully saturated rings. The second-order valence-corrected chi connectivity index (χ2v) is 10.6. The van der Waals surface area contributed by atoms with E-state index in [1.807, 2.05) is 30.3 Å². The molecule has 210 valence electrons. The van der Waals surface area contributed by atoms with Gasteiger partial charge in [0, 0.05) is 17.3 Å². The number of dihydropyridines is 1. The van der Waals surface area contributed by atoms with Crippen LogP contribution in [0.1, 0.15) is 24.0 Å². The molecule has 0 saturated carbocycles. The van der Waals surface area contributed by atoms with Crippen molar-refractivity contribution in [2.75, 3.05) is 24.8 Å². The Labute approximate surface area is 246 Å². The van der Waals surface area contributed by atoms with Gasteiger partial charge in [-0.05, 0) is 30.2 Å². The van der Waals surface area contributed by atoms with Crippen LogP contribution in [0.15, 0.2) is 94.6 Å². The number of rotatable bonds is 12. The predicted molar refractivity (Wildman–Crippen MR) is 159 cm³/mol. The number of allylic oxidation sites excluding steroid dienone is 2. The van der Waals surface area contributed by atoms with Crippen LogP contribution in [-0.4, -0.2) is 36.3 Å². The third kappa shape index (κ3) is 7.36. The summed E-state index contributed by atoms with van der Waals surface area (Å²) >= 11 is 2.48. The third-order valence-corrected chi connectivity index (χ3v) is 7.69. The normalized spacial score (nSPS) is 14.5. The average molecular weight is 589 g/mol. The number of ether oxygens (including phenoxy) is 3. The Morgan fingerprint density at radius 3 is 2.73 bits per heavy atom. The molecule has 0 saturated heterocycles. The van der Waals surface area contributed by atoms with Gasteiger partial charge in [-0.1, -0.05) is 60.8 Å². The van der Waals surface area contributed by atoms with Gasteiger partial charge in [0.1, 0.15) is 13.2 Å². The van der Waals surface area contributed by atoms with Crippen LogP contribution in [0.2, 0.25) is 0 Å². The topological polar surface area (TPSA) is 123 Å². The highest BCUT2D eigenvalue weighted by Gasteiger charge is 2.36. The minimum Gasteiger partial charge on any atom is -0.493 e. The SMILES string of the molecule is C=CCOC(=O)C1=C(C)NC(SCC(=O)Nc2nccs2)=C(C#N)[C@@H]1c1ccc(OCc2ccccc2)c(OC)c1. The number of hydrogen-bond acceptors (Lipinski definition) is 10. The number of thioether (sulfide) groups is 1. The van der Waals surface area contributed by atoms with Crippen LogP contribution in [-0.2, 0) is 20.9 Å². The summed E-state index contributed by atoms with van der Waals surface area (Å²) in [5, 5.41) is 18.9. The second kappa shape index (κ2) is 14.2. The van der Waals surface area contributed by atoms with Crippen molar-refractivity contribution in [3.8, 4) is 17.6 Å². The number of benzene rings is 2. The Hall–Kier alpha value is -4.53. The number of hydrogen-bond donors (Lipinski definition) is 2. The molecule has 1 aromatic heterocycles. The van der Waals surface area contributed by atoms with E-state index >= 15 is 0 Å². The van der Waals surface area contributed by atoms with Crippen LogP contribution in [0, 0.1) is 11.3 Å². The molecular weight excluding hydrogens is 560 g/mol. The van der Waals surface area contributed by atoms with E-state index in [2.05, 4.69) is 28.3 Å². The van der Waals surface area contributed by atoms with Gasteiger partial charge in [-0.25, -0.2) is 9.78 Å². The van der Waals surface area contributed by atoms with Gasteiger partial charge in [0.15, 0.2) is 16.6 Å². The van der Waals surface area contributed by atoms with Gasteiger partial charge in [0.2, 0.25) is 5.91 Å². The van der Waals surface area contributed by atoms with Crippen molar-refractivity contribution in [2.24, 2.45) is 0 Å². The maximum Gasteiger partial charge on any atom is 0.337 e. The minimum atomic E-state index is -0.778. The molecule has 1 aliphatic rings. The van der Waals surface area contributed by atoms with Gasteiger partial charge in [-0.2, -0.15) is 5.26 Å². The monoisotopic (exact) mass is 588 g/mol. The molecule has 2 N–H and O–H groups in total. The molecular formula is C30H28N4O5S2. The summed E-state index contributed by atoms with van der Waals surface area (Å²) in [5.74, 6) is -0.641. The van der Waals surface area contributed by atoms with E-state index in [0.717, 1.165) is 5.56 Å². The van der Waals surface area contributed by atoms with Crippen molar-refractivity contribution >= 4 is 40.1 Å². The van der Waals surface area contributed by atoms with Crippen molar-refractivity contribution in [3.05, 3.63) is 106 Å². The van der Waals surface area contributed by atoms with Crippen LogP contribution in [0.5, 0.6) is 11.5 Å². The van der Waals surface area contributed by atoms with E-state index in [1.54, 1.807) is 36.7 Å². The first kappa shape index (κ1) is 29.5. The molecule has 4 rings (SSSR count). The molecule has 0 unspecified atom stereocenters. The lowest BCUT2D eigenvalue weighted by atomic mass is 9.82. The molecule has 1 aliphatic heterocycles. The maximum atomic E-state index is 13.2. The number of carbonyl (C=O) groups is 2. The number of amides is 1. The van der Waals surface area contributed by atoms with E-state index in [1.165, 1.54) is 36.3 Å². The van der Waals surface area contributed by atoms with Crippen molar-refractivity contribution in [3.63, 3.8) is 0 Å². The van der Waals surface area contributed by atoms with Crippen molar-refractivity contribution < 1.29 is 23.8 Å². The number of nitriles is 1. The molecule has 41 heavy (non-hydrogen) atoms. The summed E-state index contributed by atoms with van der Waals surface area (Å²) in [5.41, 5.74) is 2.68. The Bertz CT molecular complexity index is 1510. The largest absolute Gasteiger partial charge is 0.493 e. The molecule has 3 aromatic rings. The summed E-state index contributed by atoms with van der Waals surface area (Å²) in [6, 6.07) is 17.3. The number of anilines is 1. The number of carbonyl (C=O) groups excluding carboxylic acids is 2. The Morgan fingerprint density at radius 1 is 1.24 bits per heavy atom. The number of esters is 1. The molecule has 2 aromatic carbocycles. The summed E-state index contributed by atoms with van der Waals surface area (Å²) in [6.07, 6.45) is 3.08. The van der Waals surface area contributed by atoms with Gasteiger partial charge >= 0.3 is 5.97 Å². The lowest BCUT2D eigenvalue weighted by Crippen LogP contribution is -2.29. The molecule has 0 aliphatic carbocycles. The van der Waals surface area contributed by atoms with Gasteiger partial charge in [0.05, 0.1) is 41.0 Å². The fraction of sp³-hybridized carbons (Fsp3) is 0.200. The molecule has 0 bridgehead atoms. The fourth-order valence-electron chi connectivity index (χ4n) is 4.14. The zero-order valence-corrected chi connectivity index (χ0v) is 24.1. The van der Waals surface area contributed by atoms with Crippen LogP contribution >= 0.6 is 23.1 Å². The number of aromatic nitrogens is 1. The highest BCUT2D eigenvalue weighted by atomic mass is 32.2. The zero-order valence-electron chi connectivity index (χ0n) is 22.5. The molecule has 11 heteroatoms. The predicted octanol–water partition coefficient (Wildman–Crippen LogP) is 5.53. The van der Waals surface area contributed by atoms with Crippen molar-refractivity contribution in [1.29, 1.82) is 5.26 Å². The highest BCUT2D eigenvalue weighted by Crippen LogP contribution is 2.43. The van der Waals surface area contributed by atoms with Crippen LogP contribution in [0.25, 0.3) is 0 Å². The van der Waals surface area contributed by atoms with Crippen LogP contribution < -0.4 is 20.1 Å². The number of nitrogens with one attached hydrogen (secondary N) is 2. The van der Waals surface area contributed by atoms with Crippen molar-refractivity contribution in [2.45, 2.75) is 19.4 Å². The summed E-state index contributed by atoms with van der Waals surface area (Å²) < 4.78 is 17.0. The van der Waals surface area contributed by atoms with Gasteiger partial charge in [-0.15, -0.1) is 11.3 Å². The third-order valence-electron chi connectivity index (χ3n) is 5.98. The summed E-state index contributed by atoms with van der Waals surface area (Å²) in [7, 11) is 1.53. The maximum absolute atomic E-state index is 13.2. The molecule has 0 spiro atoms. The highest BCUT2D eigenvalue weighted by molar-refractivity contribution is 8.03. The molecule has 9 nitrogen and oxygen atoms in total. The van der Waals surface area contributed by atoms with E-state index in [-0.39, 0.29) is 29.4 Å². The number of thiazole rings is 1. The molecule has 2 heterocycles. The second-order valence-electron chi connectivity index (χ2n) is 8.70. The van der Waals surface area contributed by atoms with Gasteiger partial charge in [-0.3, -0.25) is 4.79 Å². The number of methoxy groups -OCH3 is 1. The first-order valence-corrected chi connectivity index (χ1v) is 14.4. The Kier molecular flexibility index (Phi) is 10.2. The van der Waals surface area contributed by atoms with E-state index in [9.17, 15) is 14.9 Å². The Balaban J connectivity index is 1.66. The first-order chi connectivity index (χ1) is 19.9. The standard InChI is InChI=1S/C30H28N4O5S2/c1-4-13-38-29(36)26-19(2)33-28(41-18-25(35)34-30-32-12-14-40-30)22(16-31)27(26)21-10-11-23(24(15-21)37-3)39-17-20-8-6-5-7-9-20/h4-12,14-15,27,33H,1,13,17-18H2,2-3H3,(H,32,34,35)/t27-/m0/s1. The molecule has 1 atom stereocenters. The summed E-state index contributed by atoms with van der Waals surface area (Å²) in [4.78, 5) is 29.8.